The van der Waals surface area contributed by atoms with Crippen molar-refractivity contribution < 1.29 is 9.50 Å². The second-order valence-electron chi connectivity index (χ2n) is 2.69. The zero-order valence-corrected chi connectivity index (χ0v) is 7.57. The molecule has 2 nitrogen and oxygen atoms in total. The van der Waals surface area contributed by atoms with Gasteiger partial charge >= 0.3 is 0 Å². The third-order valence-corrected chi connectivity index (χ3v) is 3.12. The van der Waals surface area contributed by atoms with Gasteiger partial charge in [-0.05, 0) is 12.1 Å². The van der Waals surface area contributed by atoms with Gasteiger partial charge in [0.2, 0.25) is 0 Å². The summed E-state index contributed by atoms with van der Waals surface area (Å²) in [5.41, 5.74) is 5.39. The molecule has 2 aromatic rings. The first kappa shape index (κ1) is 8.47. The van der Waals surface area contributed by atoms with Crippen molar-refractivity contribution in [2.45, 2.75) is 6.54 Å². The molecular weight excluding hydrogens is 189 g/mol. The van der Waals surface area contributed by atoms with E-state index in [-0.39, 0.29) is 18.1 Å². The topological polar surface area (TPSA) is 46.2 Å². The molecule has 1 heterocycles. The van der Waals surface area contributed by atoms with Gasteiger partial charge in [0, 0.05) is 11.9 Å². The summed E-state index contributed by atoms with van der Waals surface area (Å²) in [6.07, 6.45) is 0. The Bertz CT molecular complexity index is 452. The largest absolute Gasteiger partial charge is 0.506 e. The zero-order chi connectivity index (χ0) is 9.42. The molecule has 1 aromatic heterocycles. The summed E-state index contributed by atoms with van der Waals surface area (Å²) in [7, 11) is 0. The first-order valence-electron chi connectivity index (χ1n) is 3.83. The van der Waals surface area contributed by atoms with Gasteiger partial charge in [-0.2, -0.15) is 0 Å². The third kappa shape index (κ3) is 1.18. The van der Waals surface area contributed by atoms with E-state index in [0.29, 0.717) is 15.0 Å². The molecule has 0 amide bonds. The number of hydrogen-bond acceptors (Lipinski definition) is 3. The number of hydrogen-bond donors (Lipinski definition) is 2. The quantitative estimate of drug-likeness (QED) is 0.736. The summed E-state index contributed by atoms with van der Waals surface area (Å²) in [4.78, 5) is 0.625. The van der Waals surface area contributed by atoms with Crippen molar-refractivity contribution in [3.63, 3.8) is 0 Å². The number of fused-ring (bicyclic) bond motifs is 1. The average Bonchev–Trinajstić information content (AvgIpc) is 2.45. The van der Waals surface area contributed by atoms with E-state index in [4.69, 9.17) is 5.73 Å². The van der Waals surface area contributed by atoms with E-state index < -0.39 is 0 Å². The number of aromatic hydroxyl groups is 1. The smallest absolute Gasteiger partial charge is 0.141 e. The lowest BCUT2D eigenvalue weighted by Crippen LogP contribution is -1.91. The average molecular weight is 197 g/mol. The molecule has 4 heteroatoms. The first-order chi connectivity index (χ1) is 6.24. The SMILES string of the molecule is NCc1sc2c(F)cccc2c1O. The Morgan fingerprint density at radius 1 is 1.46 bits per heavy atom. The first-order valence-corrected chi connectivity index (χ1v) is 4.64. The minimum atomic E-state index is -0.308. The van der Waals surface area contributed by atoms with E-state index in [1.807, 2.05) is 0 Å². The van der Waals surface area contributed by atoms with E-state index in [1.165, 1.54) is 17.4 Å². The Balaban J connectivity index is 2.83. The van der Waals surface area contributed by atoms with Crippen LogP contribution in [0.4, 0.5) is 4.39 Å². The molecule has 13 heavy (non-hydrogen) atoms. The molecule has 0 aliphatic heterocycles. The molecule has 3 N–H and O–H groups in total. The standard InChI is InChI=1S/C9H8FNOS/c10-6-3-1-2-5-8(12)7(4-11)13-9(5)6/h1-3,12H,4,11H2. The summed E-state index contributed by atoms with van der Waals surface area (Å²) in [5.74, 6) is -0.195. The molecule has 0 bridgehead atoms. The van der Waals surface area contributed by atoms with Crippen LogP contribution >= 0.6 is 11.3 Å². The third-order valence-electron chi connectivity index (χ3n) is 1.90. The molecule has 0 saturated heterocycles. The number of thiophene rings is 1. The lowest BCUT2D eigenvalue weighted by molar-refractivity contribution is 0.477. The van der Waals surface area contributed by atoms with Crippen LogP contribution in [0.25, 0.3) is 10.1 Å². The van der Waals surface area contributed by atoms with Crippen LogP contribution < -0.4 is 5.73 Å². The van der Waals surface area contributed by atoms with Crippen molar-refractivity contribution in [1.82, 2.24) is 0 Å². The van der Waals surface area contributed by atoms with Crippen LogP contribution in [-0.2, 0) is 6.54 Å². The monoisotopic (exact) mass is 197 g/mol. The molecule has 0 radical (unpaired) electrons. The second-order valence-corrected chi connectivity index (χ2v) is 3.80. The van der Waals surface area contributed by atoms with E-state index in [9.17, 15) is 9.50 Å². The van der Waals surface area contributed by atoms with E-state index in [2.05, 4.69) is 0 Å². The number of benzene rings is 1. The van der Waals surface area contributed by atoms with Crippen LogP contribution in [0.2, 0.25) is 0 Å². The van der Waals surface area contributed by atoms with Crippen molar-refractivity contribution in [3.05, 3.63) is 28.9 Å². The van der Waals surface area contributed by atoms with Gasteiger partial charge in [-0.1, -0.05) is 6.07 Å². The molecule has 0 spiro atoms. The predicted molar refractivity (Wildman–Crippen MR) is 51.3 cm³/mol. The van der Waals surface area contributed by atoms with Crippen LogP contribution in [0.3, 0.4) is 0 Å². The Morgan fingerprint density at radius 3 is 2.85 bits per heavy atom. The number of halogens is 1. The Hall–Kier alpha value is -1.13. The molecule has 68 valence electrons. The van der Waals surface area contributed by atoms with Gasteiger partial charge < -0.3 is 10.8 Å². The highest BCUT2D eigenvalue weighted by atomic mass is 32.1. The van der Waals surface area contributed by atoms with Gasteiger partial charge in [0.1, 0.15) is 11.6 Å². The Morgan fingerprint density at radius 2 is 2.23 bits per heavy atom. The Labute approximate surface area is 78.4 Å². The fourth-order valence-electron chi connectivity index (χ4n) is 1.26. The molecule has 0 atom stereocenters. The van der Waals surface area contributed by atoms with Crippen molar-refractivity contribution in [2.24, 2.45) is 5.73 Å². The number of nitrogens with two attached hydrogens (primary N) is 1. The summed E-state index contributed by atoms with van der Waals surface area (Å²) in [6, 6.07) is 4.63. The maximum atomic E-state index is 13.2. The van der Waals surface area contributed by atoms with Crippen LogP contribution in [0.5, 0.6) is 5.75 Å². The lowest BCUT2D eigenvalue weighted by atomic mass is 10.2. The van der Waals surface area contributed by atoms with Gasteiger partial charge in [0.05, 0.1) is 9.58 Å². The minimum absolute atomic E-state index is 0.113. The molecule has 0 unspecified atom stereocenters. The highest BCUT2D eigenvalue weighted by Gasteiger charge is 2.11. The molecule has 0 aliphatic carbocycles. The summed E-state index contributed by atoms with van der Waals surface area (Å²) in [5, 5.41) is 10.1. The van der Waals surface area contributed by atoms with Crippen LogP contribution in [-0.4, -0.2) is 5.11 Å². The van der Waals surface area contributed by atoms with Gasteiger partial charge in [-0.15, -0.1) is 11.3 Å². The molecule has 1 aromatic carbocycles. The second kappa shape index (κ2) is 2.97. The maximum absolute atomic E-state index is 13.2. The van der Waals surface area contributed by atoms with E-state index in [1.54, 1.807) is 12.1 Å². The molecule has 0 aliphatic rings. The summed E-state index contributed by atoms with van der Waals surface area (Å²) >= 11 is 1.20. The van der Waals surface area contributed by atoms with Crippen molar-refractivity contribution in [1.29, 1.82) is 0 Å². The predicted octanol–water partition coefficient (Wildman–Crippen LogP) is 2.20. The molecular formula is C9H8FNOS. The van der Waals surface area contributed by atoms with Crippen LogP contribution in [0.15, 0.2) is 18.2 Å². The normalized spacial score (nSPS) is 10.9. The van der Waals surface area contributed by atoms with Crippen molar-refractivity contribution >= 4 is 21.4 Å². The highest BCUT2D eigenvalue weighted by molar-refractivity contribution is 7.19. The van der Waals surface area contributed by atoms with Crippen LogP contribution in [0.1, 0.15) is 4.88 Å². The lowest BCUT2D eigenvalue weighted by Gasteiger charge is -1.91. The van der Waals surface area contributed by atoms with Crippen LogP contribution in [0, 0.1) is 5.82 Å². The van der Waals surface area contributed by atoms with Crippen molar-refractivity contribution in [2.75, 3.05) is 0 Å². The molecule has 0 saturated carbocycles. The zero-order valence-electron chi connectivity index (χ0n) is 6.75. The van der Waals surface area contributed by atoms with Gasteiger partial charge in [0.15, 0.2) is 0 Å². The van der Waals surface area contributed by atoms with E-state index >= 15 is 0 Å². The summed E-state index contributed by atoms with van der Waals surface area (Å²) in [6.45, 7) is 0.241. The van der Waals surface area contributed by atoms with Gasteiger partial charge in [-0.3, -0.25) is 0 Å². The maximum Gasteiger partial charge on any atom is 0.141 e. The fraction of sp³-hybridized carbons (Fsp3) is 0.111. The Kier molecular flexibility index (Phi) is 1.94. The molecule has 2 rings (SSSR count). The minimum Gasteiger partial charge on any atom is -0.506 e. The number of rotatable bonds is 1. The fourth-order valence-corrected chi connectivity index (χ4v) is 2.24. The van der Waals surface area contributed by atoms with Crippen molar-refractivity contribution in [3.8, 4) is 5.75 Å². The van der Waals surface area contributed by atoms with E-state index in [0.717, 1.165) is 0 Å². The highest BCUT2D eigenvalue weighted by Crippen LogP contribution is 2.37. The molecule has 0 fully saturated rings. The van der Waals surface area contributed by atoms with Gasteiger partial charge in [-0.25, -0.2) is 4.39 Å². The van der Waals surface area contributed by atoms with Gasteiger partial charge in [0.25, 0.3) is 0 Å². The summed E-state index contributed by atoms with van der Waals surface area (Å²) < 4.78 is 13.6.